The molecule has 1 aliphatic rings. The minimum Gasteiger partial charge on any atom is -0.274 e. The third-order valence-electron chi connectivity index (χ3n) is 2.41. The molecule has 1 fully saturated rings. The van der Waals surface area contributed by atoms with Crippen molar-refractivity contribution < 1.29 is 9.59 Å². The molecule has 6 heteroatoms. The Balaban J connectivity index is 0.000000200. The summed E-state index contributed by atoms with van der Waals surface area (Å²) < 4.78 is 0.979. The lowest BCUT2D eigenvalue weighted by atomic mass is 10.1. The molecule has 1 aromatic rings. The fourth-order valence-corrected chi connectivity index (χ4v) is 2.23. The van der Waals surface area contributed by atoms with Gasteiger partial charge in [0.2, 0.25) is 11.8 Å². The normalized spacial score (nSPS) is 13.9. The lowest BCUT2D eigenvalue weighted by molar-refractivity contribution is -0.131. The highest BCUT2D eigenvalue weighted by Gasteiger charge is 2.26. The number of nitrogens with zero attached hydrogens (tertiary/aromatic N) is 2. The first kappa shape index (κ1) is 15.9. The van der Waals surface area contributed by atoms with Crippen LogP contribution in [0.3, 0.4) is 0 Å². The molecule has 0 N–H and O–H groups in total. The van der Waals surface area contributed by atoms with Gasteiger partial charge in [-0.1, -0.05) is 22.0 Å². The number of nitriles is 1. The number of halogens is 2. The molecule has 4 nitrogen and oxygen atoms in total. The quantitative estimate of drug-likeness (QED) is 0.422. The van der Waals surface area contributed by atoms with Crippen molar-refractivity contribution in [1.82, 2.24) is 3.93 Å². The minimum absolute atomic E-state index is 0.144. The summed E-state index contributed by atoms with van der Waals surface area (Å²) in [4.78, 5) is 20.9. The van der Waals surface area contributed by atoms with Crippen molar-refractivity contribution in [2.24, 2.45) is 0 Å². The largest absolute Gasteiger partial charge is 0.274 e. The van der Waals surface area contributed by atoms with Crippen molar-refractivity contribution in [3.63, 3.8) is 0 Å². The van der Waals surface area contributed by atoms with Crippen molar-refractivity contribution in [2.45, 2.75) is 25.1 Å². The predicted octanol–water partition coefficient (Wildman–Crippen LogP) is 3.21. The van der Waals surface area contributed by atoms with Crippen LogP contribution in [0.25, 0.3) is 0 Å². The molecule has 0 spiro atoms. The van der Waals surface area contributed by atoms with Crippen LogP contribution in [0.4, 0.5) is 0 Å². The molecular formula is C13H12Br2N2O2. The van der Waals surface area contributed by atoms with Crippen molar-refractivity contribution in [1.29, 1.82) is 5.26 Å². The third-order valence-corrected chi connectivity index (χ3v) is 3.85. The molecule has 100 valence electrons. The van der Waals surface area contributed by atoms with Crippen LogP contribution < -0.4 is 0 Å². The van der Waals surface area contributed by atoms with Crippen LogP contribution >= 0.6 is 32.1 Å². The first-order valence-corrected chi connectivity index (χ1v) is 7.39. The van der Waals surface area contributed by atoms with E-state index in [2.05, 4.69) is 44.2 Å². The standard InChI is InChI=1S/C9H8BrN.C4H4BrNO2/c1-7-2-8(5-10)4-9(3-7)6-11;5-6-3(7)1-2-4(6)8/h2-4H,5H2,1H3;1-2H2. The van der Waals surface area contributed by atoms with Crippen LogP contribution in [0.5, 0.6) is 0 Å². The molecule has 1 aromatic carbocycles. The van der Waals surface area contributed by atoms with Gasteiger partial charge in [0.05, 0.1) is 27.8 Å². The van der Waals surface area contributed by atoms with Crippen LogP contribution in [0, 0.1) is 18.3 Å². The molecule has 19 heavy (non-hydrogen) atoms. The number of aryl methyl sites for hydroxylation is 1. The molecule has 1 heterocycles. The van der Waals surface area contributed by atoms with E-state index in [-0.39, 0.29) is 11.8 Å². The number of hydrogen-bond donors (Lipinski definition) is 0. The van der Waals surface area contributed by atoms with Gasteiger partial charge in [-0.25, -0.2) is 3.93 Å². The van der Waals surface area contributed by atoms with Crippen LogP contribution in [-0.4, -0.2) is 15.7 Å². The molecule has 1 aliphatic heterocycles. The molecule has 0 aromatic heterocycles. The van der Waals surface area contributed by atoms with E-state index in [1.54, 1.807) is 0 Å². The van der Waals surface area contributed by atoms with Gasteiger partial charge in [-0.3, -0.25) is 9.59 Å². The molecular weight excluding hydrogens is 376 g/mol. The summed E-state index contributed by atoms with van der Waals surface area (Å²) in [6.07, 6.45) is 0.703. The Labute approximate surface area is 128 Å². The summed E-state index contributed by atoms with van der Waals surface area (Å²) in [5.41, 5.74) is 3.03. The molecule has 0 aliphatic carbocycles. The molecule has 0 bridgehead atoms. The van der Waals surface area contributed by atoms with E-state index in [0.29, 0.717) is 12.8 Å². The summed E-state index contributed by atoms with van der Waals surface area (Å²) in [6, 6.07) is 7.96. The van der Waals surface area contributed by atoms with Gasteiger partial charge in [0.25, 0.3) is 0 Å². The number of hydrogen-bond acceptors (Lipinski definition) is 3. The molecule has 0 unspecified atom stereocenters. The fraction of sp³-hybridized carbons (Fsp3) is 0.308. The van der Waals surface area contributed by atoms with E-state index in [1.165, 1.54) is 0 Å². The van der Waals surface area contributed by atoms with Gasteiger partial charge in [-0.2, -0.15) is 5.26 Å². The number of amides is 2. The highest BCUT2D eigenvalue weighted by atomic mass is 79.9. The van der Waals surface area contributed by atoms with Gasteiger partial charge < -0.3 is 0 Å². The highest BCUT2D eigenvalue weighted by Crippen LogP contribution is 2.14. The van der Waals surface area contributed by atoms with Crippen LogP contribution in [0.2, 0.25) is 0 Å². The smallest absolute Gasteiger partial charge is 0.239 e. The van der Waals surface area contributed by atoms with Crippen molar-refractivity contribution >= 4 is 43.9 Å². The Morgan fingerprint density at radius 1 is 1.26 bits per heavy atom. The zero-order valence-corrected chi connectivity index (χ0v) is 13.5. The maximum absolute atomic E-state index is 10.4. The summed E-state index contributed by atoms with van der Waals surface area (Å²) >= 11 is 6.15. The second-order valence-corrected chi connectivity index (χ2v) is 5.29. The number of benzene rings is 1. The molecule has 2 amide bonds. The number of rotatable bonds is 1. The Kier molecular flexibility index (Phi) is 6.19. The second-order valence-electron chi connectivity index (χ2n) is 4.02. The van der Waals surface area contributed by atoms with Crippen LogP contribution in [0.1, 0.15) is 29.5 Å². The summed E-state index contributed by atoms with van der Waals surface area (Å²) in [6.45, 7) is 1.99. The van der Waals surface area contributed by atoms with E-state index >= 15 is 0 Å². The minimum atomic E-state index is -0.144. The molecule has 1 saturated heterocycles. The maximum atomic E-state index is 10.4. The molecule has 0 atom stereocenters. The van der Waals surface area contributed by atoms with Gasteiger partial charge in [0.15, 0.2) is 0 Å². The highest BCUT2D eigenvalue weighted by molar-refractivity contribution is 9.08. The van der Waals surface area contributed by atoms with Crippen molar-refractivity contribution in [2.75, 3.05) is 0 Å². The summed E-state index contributed by atoms with van der Waals surface area (Å²) in [7, 11) is 0. The Morgan fingerprint density at radius 2 is 1.84 bits per heavy atom. The number of imide groups is 1. The monoisotopic (exact) mass is 386 g/mol. The van der Waals surface area contributed by atoms with Gasteiger partial charge in [-0.15, -0.1) is 0 Å². The van der Waals surface area contributed by atoms with Crippen molar-refractivity contribution in [3.8, 4) is 6.07 Å². The lowest BCUT2D eigenvalue weighted by Crippen LogP contribution is -2.16. The maximum Gasteiger partial charge on any atom is 0.239 e. The average Bonchev–Trinajstić information content (AvgIpc) is 2.70. The zero-order valence-electron chi connectivity index (χ0n) is 10.3. The van der Waals surface area contributed by atoms with E-state index in [4.69, 9.17) is 5.26 Å². The first-order chi connectivity index (χ1) is 8.97. The third kappa shape index (κ3) is 4.77. The zero-order chi connectivity index (χ0) is 14.4. The molecule has 0 saturated carbocycles. The topological polar surface area (TPSA) is 61.2 Å². The first-order valence-electron chi connectivity index (χ1n) is 5.56. The van der Waals surface area contributed by atoms with E-state index in [0.717, 1.165) is 25.9 Å². The Bertz CT molecular complexity index is 522. The molecule has 0 radical (unpaired) electrons. The fourth-order valence-electron chi connectivity index (χ4n) is 1.55. The van der Waals surface area contributed by atoms with Gasteiger partial charge in [-0.05, 0) is 30.2 Å². The lowest BCUT2D eigenvalue weighted by Gasteiger charge is -1.98. The van der Waals surface area contributed by atoms with E-state index < -0.39 is 0 Å². The van der Waals surface area contributed by atoms with Crippen molar-refractivity contribution in [3.05, 3.63) is 34.9 Å². The van der Waals surface area contributed by atoms with Gasteiger partial charge >= 0.3 is 0 Å². The van der Waals surface area contributed by atoms with E-state index in [1.807, 2.05) is 19.1 Å². The van der Waals surface area contributed by atoms with E-state index in [9.17, 15) is 9.59 Å². The predicted molar refractivity (Wildman–Crippen MR) is 78.5 cm³/mol. The number of alkyl halides is 1. The summed E-state index contributed by atoms with van der Waals surface area (Å²) in [5.74, 6) is -0.287. The second kappa shape index (κ2) is 7.41. The Morgan fingerprint density at radius 3 is 2.21 bits per heavy atom. The SMILES string of the molecule is Cc1cc(C#N)cc(CBr)c1.O=C1CCC(=O)N1Br. The summed E-state index contributed by atoms with van der Waals surface area (Å²) in [5, 5.41) is 9.43. The average molecular weight is 388 g/mol. The molecule has 2 rings (SSSR count). The number of carbonyl (C=O) groups excluding carboxylic acids is 2. The van der Waals surface area contributed by atoms with Crippen LogP contribution in [0.15, 0.2) is 18.2 Å². The van der Waals surface area contributed by atoms with Crippen LogP contribution in [-0.2, 0) is 14.9 Å². The number of carbonyl (C=O) groups is 2. The van der Waals surface area contributed by atoms with Gasteiger partial charge in [0.1, 0.15) is 0 Å². The Hall–Kier alpha value is -1.19. The van der Waals surface area contributed by atoms with Gasteiger partial charge in [0, 0.05) is 18.2 Å².